The summed E-state index contributed by atoms with van der Waals surface area (Å²) in [5.74, 6) is 0.329. The van der Waals surface area contributed by atoms with Gasteiger partial charge in [-0.25, -0.2) is 4.79 Å². The first-order valence-corrected chi connectivity index (χ1v) is 5.28. The minimum Gasteiger partial charge on any atom is -0.449 e. The molecule has 0 aromatic rings. The van der Waals surface area contributed by atoms with E-state index >= 15 is 0 Å². The first kappa shape index (κ1) is 11.8. The van der Waals surface area contributed by atoms with E-state index in [0.29, 0.717) is 38.6 Å². The van der Waals surface area contributed by atoms with Crippen LogP contribution in [-0.4, -0.2) is 43.1 Å². The second-order valence-corrected chi connectivity index (χ2v) is 4.06. The van der Waals surface area contributed by atoms with Crippen molar-refractivity contribution >= 4 is 12.0 Å². The summed E-state index contributed by atoms with van der Waals surface area (Å²) in [5, 5.41) is 2.71. The number of nitrogens with one attached hydrogen (secondary N) is 1. The summed E-state index contributed by atoms with van der Waals surface area (Å²) < 4.78 is 5.08. The zero-order valence-electron chi connectivity index (χ0n) is 9.28. The smallest absolute Gasteiger partial charge is 0.409 e. The third-order valence-corrected chi connectivity index (χ3v) is 2.11. The maximum atomic E-state index is 11.5. The Morgan fingerprint density at radius 2 is 2.27 bits per heavy atom. The van der Waals surface area contributed by atoms with Gasteiger partial charge in [-0.1, -0.05) is 13.8 Å². The van der Waals surface area contributed by atoms with E-state index in [4.69, 9.17) is 4.74 Å². The summed E-state index contributed by atoms with van der Waals surface area (Å²) >= 11 is 0. The van der Waals surface area contributed by atoms with Gasteiger partial charge >= 0.3 is 6.09 Å². The monoisotopic (exact) mass is 214 g/mol. The molecule has 1 aliphatic heterocycles. The van der Waals surface area contributed by atoms with Crippen LogP contribution in [0.5, 0.6) is 0 Å². The SMILES string of the molecule is CC(C)COC(=O)N1CCNC(=O)CC1. The lowest BCUT2D eigenvalue weighted by atomic mass is 10.2. The van der Waals surface area contributed by atoms with Crippen molar-refractivity contribution in [3.63, 3.8) is 0 Å². The summed E-state index contributed by atoms with van der Waals surface area (Å²) in [6, 6.07) is 0. The van der Waals surface area contributed by atoms with Crippen LogP contribution >= 0.6 is 0 Å². The van der Waals surface area contributed by atoms with Crippen molar-refractivity contribution in [2.24, 2.45) is 5.92 Å². The molecule has 0 atom stereocenters. The number of hydrogen-bond acceptors (Lipinski definition) is 3. The molecule has 86 valence electrons. The highest BCUT2D eigenvalue weighted by Gasteiger charge is 2.19. The first-order chi connectivity index (χ1) is 7.09. The molecule has 0 spiro atoms. The van der Waals surface area contributed by atoms with Gasteiger partial charge in [0.05, 0.1) is 6.61 Å². The molecule has 0 unspecified atom stereocenters. The van der Waals surface area contributed by atoms with E-state index in [1.165, 1.54) is 0 Å². The van der Waals surface area contributed by atoms with Crippen LogP contribution in [0.3, 0.4) is 0 Å². The number of carbonyl (C=O) groups is 2. The molecule has 5 heteroatoms. The van der Waals surface area contributed by atoms with Crippen molar-refractivity contribution in [1.82, 2.24) is 10.2 Å². The van der Waals surface area contributed by atoms with Gasteiger partial charge in [0.25, 0.3) is 0 Å². The van der Waals surface area contributed by atoms with Crippen molar-refractivity contribution in [2.75, 3.05) is 26.2 Å². The van der Waals surface area contributed by atoms with Gasteiger partial charge in [0, 0.05) is 26.1 Å². The van der Waals surface area contributed by atoms with Crippen molar-refractivity contribution < 1.29 is 14.3 Å². The fourth-order valence-electron chi connectivity index (χ4n) is 1.28. The predicted molar refractivity (Wildman–Crippen MR) is 55.4 cm³/mol. The molecule has 0 aliphatic carbocycles. The van der Waals surface area contributed by atoms with Gasteiger partial charge in [-0.15, -0.1) is 0 Å². The molecule has 2 amide bonds. The molecular formula is C10H18N2O3. The lowest BCUT2D eigenvalue weighted by Gasteiger charge is -2.19. The van der Waals surface area contributed by atoms with Gasteiger partial charge in [-0.05, 0) is 5.92 Å². The average molecular weight is 214 g/mol. The number of nitrogens with zero attached hydrogens (tertiary/aromatic N) is 1. The van der Waals surface area contributed by atoms with Gasteiger partial charge in [-0.2, -0.15) is 0 Å². The Balaban J connectivity index is 2.35. The zero-order valence-corrected chi connectivity index (χ0v) is 9.28. The van der Waals surface area contributed by atoms with Gasteiger partial charge < -0.3 is 15.0 Å². The molecule has 0 aromatic heterocycles. The van der Waals surface area contributed by atoms with Crippen LogP contribution in [0.1, 0.15) is 20.3 Å². The number of amides is 2. The second-order valence-electron chi connectivity index (χ2n) is 4.06. The molecule has 1 rings (SSSR count). The maximum Gasteiger partial charge on any atom is 0.409 e. The molecule has 0 radical (unpaired) electrons. The molecule has 0 bridgehead atoms. The van der Waals surface area contributed by atoms with E-state index in [1.54, 1.807) is 4.90 Å². The fraction of sp³-hybridized carbons (Fsp3) is 0.800. The summed E-state index contributed by atoms with van der Waals surface area (Å²) in [5.41, 5.74) is 0. The standard InChI is InChI=1S/C10H18N2O3/c1-8(2)7-15-10(14)12-5-3-9(13)11-4-6-12/h8H,3-7H2,1-2H3,(H,11,13). The third kappa shape index (κ3) is 4.18. The Hall–Kier alpha value is -1.26. The Labute approximate surface area is 89.8 Å². The minimum absolute atomic E-state index is 0.00541. The normalized spacial score (nSPS) is 17.3. The van der Waals surface area contributed by atoms with Crippen LogP contribution in [0.4, 0.5) is 4.79 Å². The highest BCUT2D eigenvalue weighted by atomic mass is 16.6. The van der Waals surface area contributed by atoms with Crippen molar-refractivity contribution in [3.8, 4) is 0 Å². The molecule has 1 fully saturated rings. The van der Waals surface area contributed by atoms with E-state index in [1.807, 2.05) is 13.8 Å². The molecule has 0 saturated carbocycles. The Morgan fingerprint density at radius 1 is 1.53 bits per heavy atom. The first-order valence-electron chi connectivity index (χ1n) is 5.28. The van der Waals surface area contributed by atoms with Gasteiger partial charge in [0.2, 0.25) is 5.91 Å². The molecule has 0 aromatic carbocycles. The molecule has 1 aliphatic rings. The Morgan fingerprint density at radius 3 is 2.93 bits per heavy atom. The minimum atomic E-state index is -0.319. The number of hydrogen-bond donors (Lipinski definition) is 1. The summed E-state index contributed by atoms with van der Waals surface area (Å²) in [6.45, 7) is 5.89. The third-order valence-electron chi connectivity index (χ3n) is 2.11. The van der Waals surface area contributed by atoms with E-state index in [2.05, 4.69) is 5.32 Å². The van der Waals surface area contributed by atoms with Crippen molar-refractivity contribution in [1.29, 1.82) is 0 Å². The quantitative estimate of drug-likeness (QED) is 0.732. The second kappa shape index (κ2) is 5.58. The van der Waals surface area contributed by atoms with Crippen LogP contribution in [-0.2, 0) is 9.53 Å². The number of ether oxygens (including phenoxy) is 1. The van der Waals surface area contributed by atoms with E-state index in [0.717, 1.165) is 0 Å². The molecule has 1 heterocycles. The van der Waals surface area contributed by atoms with Crippen molar-refractivity contribution in [3.05, 3.63) is 0 Å². The fourth-order valence-corrected chi connectivity index (χ4v) is 1.28. The summed E-state index contributed by atoms with van der Waals surface area (Å²) in [4.78, 5) is 24.1. The maximum absolute atomic E-state index is 11.5. The molecule has 15 heavy (non-hydrogen) atoms. The van der Waals surface area contributed by atoms with Gasteiger partial charge in [0.1, 0.15) is 0 Å². The predicted octanol–water partition coefficient (Wildman–Crippen LogP) is 0.601. The summed E-state index contributed by atoms with van der Waals surface area (Å²) in [6.07, 6.45) is 0.0387. The average Bonchev–Trinajstić information content (AvgIpc) is 2.39. The van der Waals surface area contributed by atoms with Crippen LogP contribution in [0.15, 0.2) is 0 Å². The highest BCUT2D eigenvalue weighted by molar-refractivity contribution is 5.77. The van der Waals surface area contributed by atoms with Crippen LogP contribution in [0.2, 0.25) is 0 Å². The Bertz CT molecular complexity index is 241. The number of rotatable bonds is 2. The largest absolute Gasteiger partial charge is 0.449 e. The lowest BCUT2D eigenvalue weighted by molar-refractivity contribution is -0.120. The Kier molecular flexibility index (Phi) is 4.39. The molecule has 1 saturated heterocycles. The van der Waals surface area contributed by atoms with E-state index < -0.39 is 0 Å². The van der Waals surface area contributed by atoms with E-state index in [-0.39, 0.29) is 12.0 Å². The van der Waals surface area contributed by atoms with Gasteiger partial charge in [-0.3, -0.25) is 4.79 Å². The summed E-state index contributed by atoms with van der Waals surface area (Å²) in [7, 11) is 0. The van der Waals surface area contributed by atoms with Crippen molar-refractivity contribution in [2.45, 2.75) is 20.3 Å². The van der Waals surface area contributed by atoms with Crippen LogP contribution < -0.4 is 5.32 Å². The van der Waals surface area contributed by atoms with E-state index in [9.17, 15) is 9.59 Å². The molecular weight excluding hydrogens is 196 g/mol. The molecule has 1 N–H and O–H groups in total. The zero-order chi connectivity index (χ0) is 11.3. The molecule has 5 nitrogen and oxygen atoms in total. The number of carbonyl (C=O) groups excluding carboxylic acids is 2. The van der Waals surface area contributed by atoms with Gasteiger partial charge in [0.15, 0.2) is 0 Å². The highest BCUT2D eigenvalue weighted by Crippen LogP contribution is 2.01. The van der Waals surface area contributed by atoms with Crippen LogP contribution in [0, 0.1) is 5.92 Å². The lowest BCUT2D eigenvalue weighted by Crippen LogP contribution is -2.35. The van der Waals surface area contributed by atoms with Crippen LogP contribution in [0.25, 0.3) is 0 Å². The topological polar surface area (TPSA) is 58.6 Å².